The van der Waals surface area contributed by atoms with E-state index in [1.807, 2.05) is 19.1 Å². The van der Waals surface area contributed by atoms with E-state index in [1.165, 1.54) is 6.92 Å². The van der Waals surface area contributed by atoms with Crippen LogP contribution in [0.1, 0.15) is 24.5 Å². The molecule has 0 spiro atoms. The monoisotopic (exact) mass is 274 g/mol. The van der Waals surface area contributed by atoms with Gasteiger partial charge in [-0.3, -0.25) is 9.59 Å². The SMILES string of the molecule is CC(=O)NCC(=O)Nc1ccc(C#CCCO)c(C)c1. The molecule has 0 saturated heterocycles. The highest BCUT2D eigenvalue weighted by atomic mass is 16.2. The molecule has 0 atom stereocenters. The molecule has 0 heterocycles. The van der Waals surface area contributed by atoms with E-state index in [0.29, 0.717) is 12.1 Å². The van der Waals surface area contributed by atoms with Crippen molar-refractivity contribution in [1.82, 2.24) is 5.32 Å². The van der Waals surface area contributed by atoms with Gasteiger partial charge in [-0.2, -0.15) is 0 Å². The summed E-state index contributed by atoms with van der Waals surface area (Å²) in [5.41, 5.74) is 2.46. The first-order valence-corrected chi connectivity index (χ1v) is 6.27. The van der Waals surface area contributed by atoms with E-state index >= 15 is 0 Å². The second kappa shape index (κ2) is 7.97. The number of aliphatic hydroxyl groups is 1. The Morgan fingerprint density at radius 2 is 2.10 bits per heavy atom. The van der Waals surface area contributed by atoms with Crippen LogP contribution in [-0.2, 0) is 9.59 Å². The Morgan fingerprint density at radius 3 is 2.70 bits per heavy atom. The van der Waals surface area contributed by atoms with Crippen molar-refractivity contribution in [3.63, 3.8) is 0 Å². The van der Waals surface area contributed by atoms with Gasteiger partial charge in [-0.05, 0) is 30.7 Å². The van der Waals surface area contributed by atoms with E-state index < -0.39 is 0 Å². The fourth-order valence-corrected chi connectivity index (χ4v) is 1.51. The number of benzene rings is 1. The van der Waals surface area contributed by atoms with Crippen molar-refractivity contribution in [2.45, 2.75) is 20.3 Å². The third-order valence-electron chi connectivity index (χ3n) is 2.47. The van der Waals surface area contributed by atoms with E-state index in [1.54, 1.807) is 6.07 Å². The Labute approximate surface area is 118 Å². The number of carbonyl (C=O) groups is 2. The summed E-state index contributed by atoms with van der Waals surface area (Å²) in [4.78, 5) is 22.2. The van der Waals surface area contributed by atoms with Gasteiger partial charge in [0.25, 0.3) is 0 Å². The van der Waals surface area contributed by atoms with Crippen molar-refractivity contribution in [3.8, 4) is 11.8 Å². The minimum absolute atomic E-state index is 0.0450. The Kier molecular flexibility index (Phi) is 6.27. The van der Waals surface area contributed by atoms with Gasteiger partial charge >= 0.3 is 0 Å². The summed E-state index contributed by atoms with van der Waals surface area (Å²) in [7, 11) is 0. The van der Waals surface area contributed by atoms with Gasteiger partial charge in [-0.15, -0.1) is 0 Å². The van der Waals surface area contributed by atoms with E-state index in [-0.39, 0.29) is 25.0 Å². The summed E-state index contributed by atoms with van der Waals surface area (Å²) >= 11 is 0. The van der Waals surface area contributed by atoms with Crippen molar-refractivity contribution >= 4 is 17.5 Å². The molecular weight excluding hydrogens is 256 g/mol. The molecule has 20 heavy (non-hydrogen) atoms. The number of rotatable bonds is 4. The quantitative estimate of drug-likeness (QED) is 0.711. The summed E-state index contributed by atoms with van der Waals surface area (Å²) in [5, 5.41) is 13.8. The van der Waals surface area contributed by atoms with Gasteiger partial charge in [-0.25, -0.2) is 0 Å². The molecule has 0 fully saturated rings. The summed E-state index contributed by atoms with van der Waals surface area (Å²) in [5.74, 6) is 5.28. The first kappa shape index (κ1) is 15.7. The standard InChI is InChI=1S/C15H18N2O3/c1-11-9-14(17-15(20)10-16-12(2)19)7-6-13(11)5-3-4-8-18/h6-7,9,18H,4,8,10H2,1-2H3,(H,16,19)(H,17,20). The van der Waals surface area contributed by atoms with Gasteiger partial charge in [-0.1, -0.05) is 11.8 Å². The van der Waals surface area contributed by atoms with Crippen LogP contribution < -0.4 is 10.6 Å². The van der Waals surface area contributed by atoms with Crippen LogP contribution in [0.15, 0.2) is 18.2 Å². The number of amides is 2. The number of carbonyl (C=O) groups excluding carboxylic acids is 2. The lowest BCUT2D eigenvalue weighted by molar-refractivity contribution is -0.122. The summed E-state index contributed by atoms with van der Waals surface area (Å²) in [6.07, 6.45) is 0.439. The Hall–Kier alpha value is -2.32. The van der Waals surface area contributed by atoms with Crippen LogP contribution in [-0.4, -0.2) is 30.1 Å². The maximum absolute atomic E-state index is 11.5. The third-order valence-corrected chi connectivity index (χ3v) is 2.47. The first-order valence-electron chi connectivity index (χ1n) is 6.27. The van der Waals surface area contributed by atoms with Crippen molar-refractivity contribution < 1.29 is 14.7 Å². The second-order valence-corrected chi connectivity index (χ2v) is 4.26. The van der Waals surface area contributed by atoms with Crippen LogP contribution in [0.2, 0.25) is 0 Å². The lowest BCUT2D eigenvalue weighted by Gasteiger charge is -2.07. The van der Waals surface area contributed by atoms with E-state index in [2.05, 4.69) is 22.5 Å². The Bertz CT molecular complexity index is 556. The first-order chi connectivity index (χ1) is 9.52. The van der Waals surface area contributed by atoms with Crippen molar-refractivity contribution in [3.05, 3.63) is 29.3 Å². The molecule has 106 valence electrons. The van der Waals surface area contributed by atoms with Gasteiger partial charge < -0.3 is 15.7 Å². The molecule has 0 aromatic heterocycles. The maximum Gasteiger partial charge on any atom is 0.243 e. The number of nitrogens with one attached hydrogen (secondary N) is 2. The molecule has 5 heteroatoms. The van der Waals surface area contributed by atoms with Gasteiger partial charge in [0.15, 0.2) is 0 Å². The maximum atomic E-state index is 11.5. The fourth-order valence-electron chi connectivity index (χ4n) is 1.51. The molecule has 0 aliphatic carbocycles. The lowest BCUT2D eigenvalue weighted by atomic mass is 10.1. The topological polar surface area (TPSA) is 78.4 Å². The average molecular weight is 274 g/mol. The van der Waals surface area contributed by atoms with Crippen LogP contribution in [0.25, 0.3) is 0 Å². The zero-order valence-electron chi connectivity index (χ0n) is 11.6. The minimum Gasteiger partial charge on any atom is -0.395 e. The summed E-state index contributed by atoms with van der Waals surface area (Å²) in [6, 6.07) is 5.38. The fraction of sp³-hybridized carbons (Fsp3) is 0.333. The number of hydrogen-bond acceptors (Lipinski definition) is 3. The Balaban J connectivity index is 2.66. The molecule has 2 amide bonds. The molecule has 5 nitrogen and oxygen atoms in total. The third kappa shape index (κ3) is 5.55. The van der Waals surface area contributed by atoms with Crippen molar-refractivity contribution in [2.75, 3.05) is 18.5 Å². The van der Waals surface area contributed by atoms with Crippen LogP contribution in [0.5, 0.6) is 0 Å². The molecule has 0 aliphatic heterocycles. The van der Waals surface area contributed by atoms with Crippen molar-refractivity contribution in [2.24, 2.45) is 0 Å². The largest absolute Gasteiger partial charge is 0.395 e. The zero-order valence-corrected chi connectivity index (χ0v) is 11.6. The molecule has 3 N–H and O–H groups in total. The molecule has 1 aromatic carbocycles. The van der Waals surface area contributed by atoms with Crippen LogP contribution in [0, 0.1) is 18.8 Å². The zero-order chi connectivity index (χ0) is 15.0. The van der Waals surface area contributed by atoms with E-state index in [9.17, 15) is 9.59 Å². The van der Waals surface area contributed by atoms with E-state index in [4.69, 9.17) is 5.11 Å². The molecule has 0 radical (unpaired) electrons. The van der Waals surface area contributed by atoms with Gasteiger partial charge in [0.1, 0.15) is 0 Å². The predicted molar refractivity (Wildman–Crippen MR) is 77.1 cm³/mol. The van der Waals surface area contributed by atoms with Gasteiger partial charge in [0.05, 0.1) is 13.2 Å². The molecule has 0 aliphatic rings. The molecule has 0 unspecified atom stereocenters. The molecule has 1 aromatic rings. The number of anilines is 1. The van der Waals surface area contributed by atoms with Gasteiger partial charge in [0.2, 0.25) is 11.8 Å². The smallest absolute Gasteiger partial charge is 0.243 e. The number of aliphatic hydroxyl groups excluding tert-OH is 1. The normalized spacial score (nSPS) is 9.35. The van der Waals surface area contributed by atoms with Crippen LogP contribution >= 0.6 is 0 Å². The summed E-state index contributed by atoms with van der Waals surface area (Å²) < 4.78 is 0. The second-order valence-electron chi connectivity index (χ2n) is 4.26. The highest BCUT2D eigenvalue weighted by Crippen LogP contribution is 2.14. The Morgan fingerprint density at radius 1 is 1.35 bits per heavy atom. The highest BCUT2D eigenvalue weighted by molar-refractivity contribution is 5.94. The van der Waals surface area contributed by atoms with Crippen LogP contribution in [0.4, 0.5) is 5.69 Å². The average Bonchev–Trinajstić information content (AvgIpc) is 2.39. The molecule has 1 rings (SSSR count). The summed E-state index contributed by atoms with van der Waals surface area (Å²) in [6.45, 7) is 3.25. The van der Waals surface area contributed by atoms with Gasteiger partial charge in [0, 0.05) is 24.6 Å². The van der Waals surface area contributed by atoms with Crippen LogP contribution in [0.3, 0.4) is 0 Å². The number of hydrogen-bond donors (Lipinski definition) is 3. The van der Waals surface area contributed by atoms with Crippen molar-refractivity contribution in [1.29, 1.82) is 0 Å². The van der Waals surface area contributed by atoms with E-state index in [0.717, 1.165) is 11.1 Å². The molecule has 0 saturated carbocycles. The molecule has 0 bridgehead atoms. The number of aryl methyl sites for hydroxylation is 1. The molecular formula is C15H18N2O3. The predicted octanol–water partition coefficient (Wildman–Crippen LogP) is 0.804. The highest BCUT2D eigenvalue weighted by Gasteiger charge is 2.04. The lowest BCUT2D eigenvalue weighted by Crippen LogP contribution is -2.31. The minimum atomic E-state index is -0.279.